The summed E-state index contributed by atoms with van der Waals surface area (Å²) in [7, 11) is 0. The van der Waals surface area contributed by atoms with Gasteiger partial charge in [-0.3, -0.25) is 14.4 Å². The monoisotopic (exact) mass is 739 g/mol. The van der Waals surface area contributed by atoms with E-state index in [0.717, 1.165) is 28.1 Å². The van der Waals surface area contributed by atoms with Crippen LogP contribution in [0.4, 0.5) is 17.5 Å². The van der Waals surface area contributed by atoms with Crippen LogP contribution in [0.5, 0.6) is 0 Å². The van der Waals surface area contributed by atoms with Crippen molar-refractivity contribution in [1.82, 2.24) is 28.2 Å². The fraction of sp³-hybridized carbons (Fsp3) is 0.0455. The zero-order chi connectivity index (χ0) is 38.9. The van der Waals surface area contributed by atoms with Crippen molar-refractivity contribution in [3.05, 3.63) is 198 Å². The second kappa shape index (κ2) is 16.9. The molecule has 3 N–H and O–H groups in total. The third-order valence-electron chi connectivity index (χ3n) is 8.45. The minimum Gasteiger partial charge on any atom is -0.305 e. The summed E-state index contributed by atoms with van der Waals surface area (Å²) in [6, 6.07) is 41.0. The first kappa shape index (κ1) is 36.5. The molecule has 0 spiro atoms. The highest BCUT2D eigenvalue weighted by atomic mass is 16.2. The van der Waals surface area contributed by atoms with Crippen molar-refractivity contribution in [2.75, 3.05) is 16.0 Å². The Morgan fingerprint density at radius 2 is 0.804 bits per heavy atom. The van der Waals surface area contributed by atoms with Crippen LogP contribution >= 0.6 is 0 Å². The molecule has 0 bridgehead atoms. The minimum absolute atomic E-state index is 0.150. The van der Waals surface area contributed by atoms with E-state index in [0.29, 0.717) is 34.1 Å². The molecule has 0 radical (unpaired) electrons. The SMILES string of the molecule is Cc1ccc(C(=O)Nc2cn3ccccc3n2)cc1.Cc1ccn2cc(NC(=O)c3ccccc3)nc2c1.O=C(Nc1cn2ccccc2n1)c1ccccc1. The molecule has 12 heteroatoms. The molecule has 276 valence electrons. The van der Waals surface area contributed by atoms with Crippen LogP contribution in [0, 0.1) is 13.8 Å². The molecule has 0 aliphatic heterocycles. The van der Waals surface area contributed by atoms with Crippen molar-refractivity contribution in [3.8, 4) is 0 Å². The summed E-state index contributed by atoms with van der Waals surface area (Å²) < 4.78 is 5.61. The molecule has 56 heavy (non-hydrogen) atoms. The third kappa shape index (κ3) is 9.19. The molecule has 0 atom stereocenters. The second-order valence-corrected chi connectivity index (χ2v) is 12.7. The molecule has 3 aromatic carbocycles. The molecule has 12 nitrogen and oxygen atoms in total. The fourth-order valence-electron chi connectivity index (χ4n) is 5.58. The summed E-state index contributed by atoms with van der Waals surface area (Å²) in [5.41, 5.74) is 6.57. The molecule has 0 saturated carbocycles. The summed E-state index contributed by atoms with van der Waals surface area (Å²) in [4.78, 5) is 49.0. The van der Waals surface area contributed by atoms with Crippen molar-refractivity contribution in [1.29, 1.82) is 0 Å². The number of nitrogens with zero attached hydrogens (tertiary/aromatic N) is 6. The van der Waals surface area contributed by atoms with Gasteiger partial charge in [-0.05, 0) is 92.2 Å². The van der Waals surface area contributed by atoms with Crippen LogP contribution in [0.25, 0.3) is 16.9 Å². The van der Waals surface area contributed by atoms with Gasteiger partial charge in [-0.1, -0.05) is 66.2 Å². The maximum atomic E-state index is 12.0. The highest BCUT2D eigenvalue weighted by molar-refractivity contribution is 6.05. The predicted molar refractivity (Wildman–Crippen MR) is 218 cm³/mol. The first-order valence-electron chi connectivity index (χ1n) is 17.7. The largest absolute Gasteiger partial charge is 0.305 e. The predicted octanol–water partition coefficient (Wildman–Crippen LogP) is 8.38. The van der Waals surface area contributed by atoms with E-state index >= 15 is 0 Å². The maximum Gasteiger partial charge on any atom is 0.256 e. The van der Waals surface area contributed by atoms with E-state index in [1.807, 2.05) is 143 Å². The van der Waals surface area contributed by atoms with Gasteiger partial charge in [-0.15, -0.1) is 0 Å². The molecule has 0 unspecified atom stereocenters. The van der Waals surface area contributed by atoms with Crippen molar-refractivity contribution < 1.29 is 14.4 Å². The first-order chi connectivity index (χ1) is 27.3. The highest BCUT2D eigenvalue weighted by Crippen LogP contribution is 2.14. The Kier molecular flexibility index (Phi) is 11.0. The number of hydrogen-bond donors (Lipinski definition) is 3. The first-order valence-corrected chi connectivity index (χ1v) is 17.7. The second-order valence-electron chi connectivity index (χ2n) is 12.7. The molecular formula is C44H37N9O3. The number of benzene rings is 3. The van der Waals surface area contributed by atoms with Crippen LogP contribution in [-0.2, 0) is 0 Å². The molecule has 6 heterocycles. The number of nitrogens with one attached hydrogen (secondary N) is 3. The van der Waals surface area contributed by atoms with Crippen LogP contribution in [0.1, 0.15) is 42.2 Å². The van der Waals surface area contributed by atoms with E-state index in [-0.39, 0.29) is 17.7 Å². The van der Waals surface area contributed by atoms with Gasteiger partial charge in [0.1, 0.15) is 16.9 Å². The summed E-state index contributed by atoms with van der Waals surface area (Å²) in [6.07, 6.45) is 11.1. The molecule has 6 aromatic heterocycles. The van der Waals surface area contributed by atoms with Crippen LogP contribution in [0.15, 0.2) is 171 Å². The number of fused-ring (bicyclic) bond motifs is 3. The molecule has 9 rings (SSSR count). The number of carbonyl (C=O) groups excluding carboxylic acids is 3. The van der Waals surface area contributed by atoms with E-state index in [2.05, 4.69) is 30.9 Å². The Balaban J connectivity index is 0.000000129. The van der Waals surface area contributed by atoms with Gasteiger partial charge < -0.3 is 29.2 Å². The molecule has 0 fully saturated rings. The van der Waals surface area contributed by atoms with Crippen LogP contribution in [-0.4, -0.2) is 45.9 Å². The smallest absolute Gasteiger partial charge is 0.256 e. The lowest BCUT2D eigenvalue weighted by Gasteiger charge is -2.01. The van der Waals surface area contributed by atoms with Crippen LogP contribution < -0.4 is 16.0 Å². The normalized spacial score (nSPS) is 10.5. The zero-order valence-corrected chi connectivity index (χ0v) is 30.6. The molecule has 0 aliphatic rings. The summed E-state index contributed by atoms with van der Waals surface area (Å²) in [5.74, 6) is 1.20. The van der Waals surface area contributed by atoms with Crippen LogP contribution in [0.3, 0.4) is 0 Å². The number of imidazole rings is 3. The topological polar surface area (TPSA) is 139 Å². The van der Waals surface area contributed by atoms with Crippen molar-refractivity contribution >= 4 is 52.1 Å². The summed E-state index contributed by atoms with van der Waals surface area (Å²) >= 11 is 0. The van der Waals surface area contributed by atoms with E-state index in [9.17, 15) is 14.4 Å². The average molecular weight is 740 g/mol. The number of aromatic nitrogens is 6. The quantitative estimate of drug-likeness (QED) is 0.157. The molecule has 0 aliphatic carbocycles. The number of hydrogen-bond acceptors (Lipinski definition) is 6. The lowest BCUT2D eigenvalue weighted by molar-refractivity contribution is 0.101. The van der Waals surface area contributed by atoms with E-state index in [1.165, 1.54) is 0 Å². The molecular weight excluding hydrogens is 703 g/mol. The van der Waals surface area contributed by atoms with Gasteiger partial charge in [-0.2, -0.15) is 0 Å². The van der Waals surface area contributed by atoms with Gasteiger partial charge in [0, 0.05) is 35.3 Å². The van der Waals surface area contributed by atoms with Gasteiger partial charge in [0.2, 0.25) is 0 Å². The highest BCUT2D eigenvalue weighted by Gasteiger charge is 2.10. The number of pyridine rings is 3. The Morgan fingerprint density at radius 3 is 1.25 bits per heavy atom. The van der Waals surface area contributed by atoms with Crippen molar-refractivity contribution in [3.63, 3.8) is 0 Å². The zero-order valence-electron chi connectivity index (χ0n) is 30.6. The number of rotatable bonds is 6. The maximum absolute atomic E-state index is 12.0. The van der Waals surface area contributed by atoms with Crippen LogP contribution in [0.2, 0.25) is 0 Å². The molecule has 3 amide bonds. The Labute approximate surface area is 322 Å². The van der Waals surface area contributed by atoms with E-state index in [1.54, 1.807) is 55.0 Å². The van der Waals surface area contributed by atoms with Gasteiger partial charge >= 0.3 is 0 Å². The average Bonchev–Trinajstić information content (AvgIpc) is 3.95. The van der Waals surface area contributed by atoms with Gasteiger partial charge in [0.25, 0.3) is 17.7 Å². The van der Waals surface area contributed by atoms with E-state index < -0.39 is 0 Å². The number of amides is 3. The lowest BCUT2D eigenvalue weighted by Crippen LogP contribution is -2.11. The number of carbonyl (C=O) groups is 3. The molecule has 0 saturated heterocycles. The van der Waals surface area contributed by atoms with Gasteiger partial charge in [-0.25, -0.2) is 15.0 Å². The number of aryl methyl sites for hydroxylation is 2. The number of anilines is 3. The third-order valence-corrected chi connectivity index (χ3v) is 8.45. The van der Waals surface area contributed by atoms with E-state index in [4.69, 9.17) is 0 Å². The van der Waals surface area contributed by atoms with Gasteiger partial charge in [0.15, 0.2) is 17.5 Å². The van der Waals surface area contributed by atoms with Crippen molar-refractivity contribution in [2.45, 2.75) is 13.8 Å². The standard InChI is InChI=1S/2C15H13N3O.C14H11N3O/c1-11-5-7-12(8-6-11)15(19)17-13-10-18-9-3-2-4-14(18)16-13;1-11-7-8-18-10-13(16-14(18)9-11)17-15(19)12-5-3-2-4-6-12;18-14(11-6-2-1-3-7-11)16-12-10-17-9-5-4-8-13(17)15-12/h2*2-10H,1H3,(H,17,19);1-10H,(H,16,18). The Morgan fingerprint density at radius 1 is 0.411 bits per heavy atom. The molecule has 9 aromatic rings. The van der Waals surface area contributed by atoms with Gasteiger partial charge in [0.05, 0.1) is 18.6 Å². The van der Waals surface area contributed by atoms with Crippen molar-refractivity contribution in [2.24, 2.45) is 0 Å². The fourth-order valence-corrected chi connectivity index (χ4v) is 5.58. The summed E-state index contributed by atoms with van der Waals surface area (Å²) in [6.45, 7) is 4.00. The Hall–Kier alpha value is -7.86. The Bertz CT molecular complexity index is 2690. The minimum atomic E-state index is -0.154. The summed E-state index contributed by atoms with van der Waals surface area (Å²) in [5, 5.41) is 8.37. The lowest BCUT2D eigenvalue weighted by atomic mass is 10.1.